The number of benzene rings is 2. The summed E-state index contributed by atoms with van der Waals surface area (Å²) in [5.41, 5.74) is 2.82. The number of hydrogen-bond donors (Lipinski definition) is 0. The Bertz CT molecular complexity index is 599. The first-order valence-electron chi connectivity index (χ1n) is 7.21. The Kier molecular flexibility index (Phi) is 4.94. The molecule has 2 heteroatoms. The summed E-state index contributed by atoms with van der Waals surface area (Å²) in [4.78, 5) is 14.4. The van der Waals surface area contributed by atoms with E-state index in [9.17, 15) is 4.79 Å². The van der Waals surface area contributed by atoms with Crippen molar-refractivity contribution in [3.05, 3.63) is 78.4 Å². The molecular weight excluding hydrogens is 258 g/mol. The molecule has 0 aliphatic heterocycles. The summed E-state index contributed by atoms with van der Waals surface area (Å²) in [6.07, 6.45) is 1.74. The highest BCUT2D eigenvalue weighted by Gasteiger charge is 2.16. The van der Waals surface area contributed by atoms with E-state index in [4.69, 9.17) is 0 Å². The minimum Gasteiger partial charge on any atom is -0.305 e. The van der Waals surface area contributed by atoms with Gasteiger partial charge >= 0.3 is 0 Å². The first-order valence-corrected chi connectivity index (χ1v) is 7.21. The standard InChI is InChI=1S/C19H21NO/c1-4-14-20(18-8-6-5-7-9-18)19(21)17-12-10-16(11-13-17)15(2)3/h4-13,15H,1,14H2,2-3H3. The zero-order chi connectivity index (χ0) is 15.2. The molecular formula is C19H21NO. The fourth-order valence-electron chi connectivity index (χ4n) is 2.21. The Morgan fingerprint density at radius 2 is 1.71 bits per heavy atom. The van der Waals surface area contributed by atoms with Crippen molar-refractivity contribution in [2.45, 2.75) is 19.8 Å². The molecule has 0 saturated heterocycles. The van der Waals surface area contributed by atoms with E-state index in [0.29, 0.717) is 18.0 Å². The summed E-state index contributed by atoms with van der Waals surface area (Å²) in [6, 6.07) is 17.5. The third-order valence-electron chi connectivity index (χ3n) is 3.45. The molecule has 2 rings (SSSR count). The number of para-hydroxylation sites is 1. The van der Waals surface area contributed by atoms with Gasteiger partial charge in [-0.2, -0.15) is 0 Å². The van der Waals surface area contributed by atoms with Crippen molar-refractivity contribution in [1.29, 1.82) is 0 Å². The van der Waals surface area contributed by atoms with Gasteiger partial charge < -0.3 is 4.90 Å². The SMILES string of the molecule is C=CCN(C(=O)c1ccc(C(C)C)cc1)c1ccccc1. The van der Waals surface area contributed by atoms with Crippen LogP contribution < -0.4 is 4.90 Å². The van der Waals surface area contributed by atoms with E-state index in [-0.39, 0.29) is 5.91 Å². The van der Waals surface area contributed by atoms with Crippen molar-refractivity contribution in [1.82, 2.24) is 0 Å². The first-order chi connectivity index (χ1) is 10.1. The van der Waals surface area contributed by atoms with E-state index in [1.54, 1.807) is 11.0 Å². The molecule has 0 N–H and O–H groups in total. The summed E-state index contributed by atoms with van der Waals surface area (Å²) < 4.78 is 0. The van der Waals surface area contributed by atoms with Gasteiger partial charge in [-0.15, -0.1) is 6.58 Å². The van der Waals surface area contributed by atoms with Gasteiger partial charge in [-0.05, 0) is 35.7 Å². The maximum absolute atomic E-state index is 12.7. The molecule has 0 unspecified atom stereocenters. The van der Waals surface area contributed by atoms with Crippen molar-refractivity contribution in [2.24, 2.45) is 0 Å². The number of nitrogens with zero attached hydrogens (tertiary/aromatic N) is 1. The molecule has 2 aromatic carbocycles. The second-order valence-electron chi connectivity index (χ2n) is 5.32. The Morgan fingerprint density at radius 3 is 2.24 bits per heavy atom. The molecule has 0 heterocycles. The lowest BCUT2D eigenvalue weighted by molar-refractivity contribution is 0.0989. The smallest absolute Gasteiger partial charge is 0.258 e. The average molecular weight is 279 g/mol. The highest BCUT2D eigenvalue weighted by Crippen LogP contribution is 2.19. The highest BCUT2D eigenvalue weighted by molar-refractivity contribution is 6.06. The van der Waals surface area contributed by atoms with E-state index < -0.39 is 0 Å². The van der Waals surface area contributed by atoms with Crippen molar-refractivity contribution in [3.8, 4) is 0 Å². The molecule has 21 heavy (non-hydrogen) atoms. The van der Waals surface area contributed by atoms with Crippen LogP contribution in [0.1, 0.15) is 35.7 Å². The van der Waals surface area contributed by atoms with Gasteiger partial charge in [0.05, 0.1) is 0 Å². The van der Waals surface area contributed by atoms with E-state index >= 15 is 0 Å². The van der Waals surface area contributed by atoms with Gasteiger partial charge in [0.15, 0.2) is 0 Å². The average Bonchev–Trinajstić information content (AvgIpc) is 2.53. The van der Waals surface area contributed by atoms with Crippen molar-refractivity contribution < 1.29 is 4.79 Å². The third-order valence-corrected chi connectivity index (χ3v) is 3.45. The molecule has 0 aliphatic carbocycles. The number of rotatable bonds is 5. The second kappa shape index (κ2) is 6.89. The Morgan fingerprint density at radius 1 is 1.10 bits per heavy atom. The Labute approximate surface area is 126 Å². The topological polar surface area (TPSA) is 20.3 Å². The van der Waals surface area contributed by atoms with Crippen LogP contribution in [0.3, 0.4) is 0 Å². The molecule has 108 valence electrons. The van der Waals surface area contributed by atoms with Crippen LogP contribution in [0.2, 0.25) is 0 Å². The fraction of sp³-hybridized carbons (Fsp3) is 0.211. The quantitative estimate of drug-likeness (QED) is 0.730. The molecule has 0 aromatic heterocycles. The van der Waals surface area contributed by atoms with Crippen molar-refractivity contribution in [3.63, 3.8) is 0 Å². The van der Waals surface area contributed by atoms with Crippen LogP contribution in [0.15, 0.2) is 67.3 Å². The molecule has 0 spiro atoms. The molecule has 0 aliphatic rings. The molecule has 0 bridgehead atoms. The largest absolute Gasteiger partial charge is 0.305 e. The molecule has 1 amide bonds. The lowest BCUT2D eigenvalue weighted by Gasteiger charge is -2.21. The first kappa shape index (κ1) is 15.0. The Hall–Kier alpha value is -2.35. The van der Waals surface area contributed by atoms with Crippen molar-refractivity contribution in [2.75, 3.05) is 11.4 Å². The van der Waals surface area contributed by atoms with E-state index in [2.05, 4.69) is 20.4 Å². The van der Waals surface area contributed by atoms with Gasteiger partial charge in [0.2, 0.25) is 0 Å². The van der Waals surface area contributed by atoms with Gasteiger partial charge in [0, 0.05) is 17.8 Å². The third kappa shape index (κ3) is 3.60. The minimum absolute atomic E-state index is 0.00333. The fourth-order valence-corrected chi connectivity index (χ4v) is 2.21. The minimum atomic E-state index is -0.00333. The summed E-state index contributed by atoms with van der Waals surface area (Å²) >= 11 is 0. The normalized spacial score (nSPS) is 10.4. The molecule has 0 radical (unpaired) electrons. The van der Waals surface area contributed by atoms with Crippen LogP contribution >= 0.6 is 0 Å². The van der Waals surface area contributed by atoms with Crippen LogP contribution in [0, 0.1) is 0 Å². The van der Waals surface area contributed by atoms with Gasteiger partial charge in [-0.1, -0.05) is 50.3 Å². The predicted molar refractivity (Wildman–Crippen MR) is 88.8 cm³/mol. The lowest BCUT2D eigenvalue weighted by Crippen LogP contribution is -2.30. The monoisotopic (exact) mass is 279 g/mol. The molecule has 0 atom stereocenters. The predicted octanol–water partition coefficient (Wildman–Crippen LogP) is 4.64. The van der Waals surface area contributed by atoms with E-state index in [1.165, 1.54) is 5.56 Å². The lowest BCUT2D eigenvalue weighted by atomic mass is 10.0. The Balaban J connectivity index is 2.28. The zero-order valence-corrected chi connectivity index (χ0v) is 12.6. The van der Waals surface area contributed by atoms with Gasteiger partial charge in [0.1, 0.15) is 0 Å². The second-order valence-corrected chi connectivity index (χ2v) is 5.32. The maximum atomic E-state index is 12.7. The van der Waals surface area contributed by atoms with Gasteiger partial charge in [-0.3, -0.25) is 4.79 Å². The number of carbonyl (C=O) groups is 1. The molecule has 2 nitrogen and oxygen atoms in total. The number of carbonyl (C=O) groups excluding carboxylic acids is 1. The highest BCUT2D eigenvalue weighted by atomic mass is 16.2. The number of amides is 1. The molecule has 2 aromatic rings. The molecule has 0 saturated carbocycles. The van der Waals surface area contributed by atoms with Crippen molar-refractivity contribution >= 4 is 11.6 Å². The van der Waals surface area contributed by atoms with Gasteiger partial charge in [0.25, 0.3) is 5.91 Å². The van der Waals surface area contributed by atoms with Crippen LogP contribution in [0.4, 0.5) is 5.69 Å². The summed E-state index contributed by atoms with van der Waals surface area (Å²) in [7, 11) is 0. The van der Waals surface area contributed by atoms with Crippen LogP contribution in [0.5, 0.6) is 0 Å². The zero-order valence-electron chi connectivity index (χ0n) is 12.6. The van der Waals surface area contributed by atoms with E-state index in [1.807, 2.05) is 54.6 Å². The summed E-state index contributed by atoms with van der Waals surface area (Å²) in [6.45, 7) is 8.53. The number of anilines is 1. The summed E-state index contributed by atoms with van der Waals surface area (Å²) in [5.74, 6) is 0.462. The van der Waals surface area contributed by atoms with Crippen LogP contribution in [-0.4, -0.2) is 12.5 Å². The number of hydrogen-bond acceptors (Lipinski definition) is 1. The van der Waals surface area contributed by atoms with Gasteiger partial charge in [-0.25, -0.2) is 0 Å². The van der Waals surface area contributed by atoms with E-state index in [0.717, 1.165) is 5.69 Å². The van der Waals surface area contributed by atoms with Crippen LogP contribution in [0.25, 0.3) is 0 Å². The summed E-state index contributed by atoms with van der Waals surface area (Å²) in [5, 5.41) is 0. The van der Waals surface area contributed by atoms with Crippen LogP contribution in [-0.2, 0) is 0 Å². The molecule has 0 fully saturated rings. The maximum Gasteiger partial charge on any atom is 0.258 e.